The number of carbonyl (C=O) groups is 2. The molecular formula is C14H15ClN2O4S2. The molecule has 2 heterocycles. The number of aromatic nitrogens is 2. The van der Waals surface area contributed by atoms with Gasteiger partial charge in [0.2, 0.25) is 0 Å². The molecule has 0 saturated carbocycles. The molecule has 0 aliphatic carbocycles. The zero-order valence-corrected chi connectivity index (χ0v) is 15.1. The molecule has 0 bridgehead atoms. The van der Waals surface area contributed by atoms with Gasteiger partial charge in [-0.15, -0.1) is 11.3 Å². The molecule has 1 N–H and O–H groups in total. The topological polar surface area (TPSA) is 89.4 Å². The Balaban J connectivity index is 2.41. The van der Waals surface area contributed by atoms with Crippen LogP contribution in [0.2, 0.25) is 5.15 Å². The van der Waals surface area contributed by atoms with Gasteiger partial charge in [-0.3, -0.25) is 4.79 Å². The minimum absolute atomic E-state index is 0.207. The number of nitrogens with zero attached hydrogens (tertiary/aromatic N) is 2. The van der Waals surface area contributed by atoms with Crippen LogP contribution in [-0.4, -0.2) is 38.9 Å². The van der Waals surface area contributed by atoms with Crippen molar-refractivity contribution in [2.45, 2.75) is 37.6 Å². The van der Waals surface area contributed by atoms with E-state index in [0.717, 1.165) is 18.2 Å². The lowest BCUT2D eigenvalue weighted by molar-refractivity contribution is -0.136. The molecule has 0 amide bonds. The van der Waals surface area contributed by atoms with Crippen LogP contribution in [0, 0.1) is 6.92 Å². The monoisotopic (exact) mass is 374 g/mol. The van der Waals surface area contributed by atoms with Crippen LogP contribution in [0.4, 0.5) is 0 Å². The second-order valence-electron chi connectivity index (χ2n) is 4.77. The molecule has 0 aromatic carbocycles. The first-order chi connectivity index (χ1) is 10.8. The van der Waals surface area contributed by atoms with E-state index in [1.165, 1.54) is 11.3 Å². The minimum Gasteiger partial charge on any atom is -0.480 e. The molecule has 23 heavy (non-hydrogen) atoms. The third-order valence-electron chi connectivity index (χ3n) is 2.98. The molecule has 124 valence electrons. The highest BCUT2D eigenvalue weighted by Gasteiger charge is 2.22. The fraction of sp³-hybridized carbons (Fsp3) is 0.429. The average molecular weight is 375 g/mol. The number of ether oxygens (including phenoxy) is 1. The molecule has 0 radical (unpaired) electrons. The molecule has 1 unspecified atom stereocenters. The number of esters is 1. The maximum atomic E-state index is 12.1. The van der Waals surface area contributed by atoms with E-state index in [0.29, 0.717) is 27.3 Å². The average Bonchev–Trinajstić information content (AvgIpc) is 2.82. The second kappa shape index (κ2) is 7.46. The van der Waals surface area contributed by atoms with Crippen molar-refractivity contribution in [2.75, 3.05) is 6.61 Å². The van der Waals surface area contributed by atoms with E-state index in [-0.39, 0.29) is 10.3 Å². The van der Waals surface area contributed by atoms with E-state index >= 15 is 0 Å². The van der Waals surface area contributed by atoms with Gasteiger partial charge in [0, 0.05) is 0 Å². The number of aryl methyl sites for hydroxylation is 1. The summed E-state index contributed by atoms with van der Waals surface area (Å²) in [7, 11) is 0. The van der Waals surface area contributed by atoms with Crippen LogP contribution < -0.4 is 0 Å². The molecular weight excluding hydrogens is 360 g/mol. The maximum Gasteiger partial charge on any atom is 0.348 e. The summed E-state index contributed by atoms with van der Waals surface area (Å²) in [4.78, 5) is 32.4. The van der Waals surface area contributed by atoms with Crippen LogP contribution in [0.1, 0.15) is 35.5 Å². The first-order valence-electron chi connectivity index (χ1n) is 6.88. The van der Waals surface area contributed by atoms with E-state index in [4.69, 9.17) is 21.4 Å². The number of carboxylic acid groups (broad SMARTS) is 1. The highest BCUT2D eigenvalue weighted by atomic mass is 35.5. The standard InChI is InChI=1S/C14H15ClN2O4S2/c1-4-5-21-13(20)9-6(2)8-10(15)16-14(17-11(8)23-9)22-7(3)12(18)19/h7H,4-5H2,1-3H3,(H,18,19). The lowest BCUT2D eigenvalue weighted by Crippen LogP contribution is -2.11. The summed E-state index contributed by atoms with van der Waals surface area (Å²) in [5.74, 6) is -1.36. The van der Waals surface area contributed by atoms with Gasteiger partial charge in [0.25, 0.3) is 0 Å². The van der Waals surface area contributed by atoms with Gasteiger partial charge in [0.1, 0.15) is 20.1 Å². The zero-order valence-electron chi connectivity index (χ0n) is 12.8. The Morgan fingerprint density at radius 3 is 2.74 bits per heavy atom. The first-order valence-corrected chi connectivity index (χ1v) is 8.95. The Kier molecular flexibility index (Phi) is 5.83. The normalized spacial score (nSPS) is 12.3. The first kappa shape index (κ1) is 18.0. The fourth-order valence-corrected chi connectivity index (χ4v) is 4.04. The highest BCUT2D eigenvalue weighted by Crippen LogP contribution is 2.36. The highest BCUT2D eigenvalue weighted by molar-refractivity contribution is 8.00. The van der Waals surface area contributed by atoms with Crippen molar-refractivity contribution < 1.29 is 19.4 Å². The Morgan fingerprint density at radius 1 is 1.43 bits per heavy atom. The van der Waals surface area contributed by atoms with Crippen LogP contribution in [0.3, 0.4) is 0 Å². The van der Waals surface area contributed by atoms with Crippen molar-refractivity contribution in [2.24, 2.45) is 0 Å². The predicted octanol–water partition coefficient (Wildman–Crippen LogP) is 3.79. The largest absolute Gasteiger partial charge is 0.480 e. The third kappa shape index (κ3) is 3.94. The van der Waals surface area contributed by atoms with Gasteiger partial charge < -0.3 is 9.84 Å². The number of carbonyl (C=O) groups excluding carboxylic acids is 1. The van der Waals surface area contributed by atoms with Crippen LogP contribution in [-0.2, 0) is 9.53 Å². The van der Waals surface area contributed by atoms with Crippen molar-refractivity contribution in [3.8, 4) is 0 Å². The second-order valence-corrected chi connectivity index (χ2v) is 7.43. The van der Waals surface area contributed by atoms with Crippen molar-refractivity contribution in [3.05, 3.63) is 15.6 Å². The molecule has 9 heteroatoms. The number of rotatable bonds is 6. The van der Waals surface area contributed by atoms with E-state index in [1.54, 1.807) is 13.8 Å². The number of aliphatic carboxylic acids is 1. The number of fused-ring (bicyclic) bond motifs is 1. The lowest BCUT2D eigenvalue weighted by Gasteiger charge is -2.05. The Bertz CT molecular complexity index is 763. The molecule has 0 aliphatic heterocycles. The molecule has 1 atom stereocenters. The third-order valence-corrected chi connectivity index (χ3v) is 5.37. The van der Waals surface area contributed by atoms with Crippen LogP contribution in [0.5, 0.6) is 0 Å². The van der Waals surface area contributed by atoms with E-state index in [1.807, 2.05) is 6.92 Å². The molecule has 0 aliphatic rings. The van der Waals surface area contributed by atoms with Gasteiger partial charge in [-0.1, -0.05) is 30.3 Å². The van der Waals surface area contributed by atoms with Gasteiger partial charge in [-0.2, -0.15) is 0 Å². The molecule has 2 aromatic rings. The molecule has 6 nitrogen and oxygen atoms in total. The summed E-state index contributed by atoms with van der Waals surface area (Å²) in [6.45, 7) is 5.58. The maximum absolute atomic E-state index is 12.1. The Labute approximate surface area is 146 Å². The molecule has 0 spiro atoms. The predicted molar refractivity (Wildman–Crippen MR) is 90.7 cm³/mol. The number of carboxylic acids is 1. The van der Waals surface area contributed by atoms with Crippen molar-refractivity contribution in [1.82, 2.24) is 9.97 Å². The van der Waals surface area contributed by atoms with Crippen LogP contribution in [0.25, 0.3) is 10.2 Å². The van der Waals surface area contributed by atoms with Crippen molar-refractivity contribution >= 4 is 56.9 Å². The number of hydrogen-bond donors (Lipinski definition) is 1. The van der Waals surface area contributed by atoms with Gasteiger partial charge >= 0.3 is 11.9 Å². The molecule has 2 aromatic heterocycles. The number of halogens is 1. The van der Waals surface area contributed by atoms with E-state index in [2.05, 4.69) is 9.97 Å². The van der Waals surface area contributed by atoms with Gasteiger partial charge in [0.05, 0.1) is 12.0 Å². The minimum atomic E-state index is -0.957. The summed E-state index contributed by atoms with van der Waals surface area (Å²) in [5.41, 5.74) is 0.680. The quantitative estimate of drug-likeness (QED) is 0.356. The smallest absolute Gasteiger partial charge is 0.348 e. The Morgan fingerprint density at radius 2 is 2.13 bits per heavy atom. The van der Waals surface area contributed by atoms with E-state index in [9.17, 15) is 9.59 Å². The van der Waals surface area contributed by atoms with Crippen molar-refractivity contribution in [1.29, 1.82) is 0 Å². The SMILES string of the molecule is CCCOC(=O)c1sc2nc(SC(C)C(=O)O)nc(Cl)c2c1C. The summed E-state index contributed by atoms with van der Waals surface area (Å²) in [5, 5.41) is 9.35. The zero-order chi connectivity index (χ0) is 17.1. The van der Waals surface area contributed by atoms with Crippen LogP contribution in [0.15, 0.2) is 5.16 Å². The lowest BCUT2D eigenvalue weighted by atomic mass is 10.2. The van der Waals surface area contributed by atoms with E-state index < -0.39 is 17.2 Å². The number of hydrogen-bond acceptors (Lipinski definition) is 7. The number of thiophene rings is 1. The van der Waals surface area contributed by atoms with Crippen LogP contribution >= 0.6 is 34.7 Å². The Hall–Kier alpha value is -1.38. The number of thioether (sulfide) groups is 1. The molecule has 0 fully saturated rings. The van der Waals surface area contributed by atoms with Gasteiger partial charge in [-0.25, -0.2) is 14.8 Å². The summed E-state index contributed by atoms with van der Waals surface area (Å²) in [6, 6.07) is 0. The molecule has 0 saturated heterocycles. The van der Waals surface area contributed by atoms with Gasteiger partial charge in [0.15, 0.2) is 5.16 Å². The molecule has 2 rings (SSSR count). The van der Waals surface area contributed by atoms with Gasteiger partial charge in [-0.05, 0) is 25.8 Å². The fourth-order valence-electron chi connectivity index (χ4n) is 1.79. The summed E-state index contributed by atoms with van der Waals surface area (Å²) < 4.78 is 5.15. The van der Waals surface area contributed by atoms with Crippen molar-refractivity contribution in [3.63, 3.8) is 0 Å². The summed E-state index contributed by atoms with van der Waals surface area (Å²) in [6.07, 6.45) is 0.740. The summed E-state index contributed by atoms with van der Waals surface area (Å²) >= 11 is 8.37.